The van der Waals surface area contributed by atoms with E-state index in [2.05, 4.69) is 21.2 Å². The van der Waals surface area contributed by atoms with E-state index in [0.29, 0.717) is 6.54 Å². The lowest BCUT2D eigenvalue weighted by molar-refractivity contribution is 0.0167. The SMILES string of the molecule is Fc1ccc(Br)c(F)c1CNCC1CCCCO1. The van der Waals surface area contributed by atoms with Gasteiger partial charge in [0.15, 0.2) is 0 Å². The normalized spacial score (nSPS) is 20.1. The largest absolute Gasteiger partial charge is 0.377 e. The standard InChI is InChI=1S/C13H16BrF2NO/c14-11-4-5-12(15)10(13(11)16)8-17-7-9-3-1-2-6-18-9/h4-5,9,17H,1-3,6-8H2. The lowest BCUT2D eigenvalue weighted by atomic mass is 10.1. The van der Waals surface area contributed by atoms with Crippen LogP contribution < -0.4 is 5.32 Å². The summed E-state index contributed by atoms with van der Waals surface area (Å²) in [7, 11) is 0. The molecule has 2 rings (SSSR count). The summed E-state index contributed by atoms with van der Waals surface area (Å²) in [6, 6.07) is 2.64. The molecule has 18 heavy (non-hydrogen) atoms. The molecule has 0 aromatic heterocycles. The first-order valence-corrected chi connectivity index (χ1v) is 6.92. The van der Waals surface area contributed by atoms with Crippen LogP contribution in [0.4, 0.5) is 8.78 Å². The molecule has 100 valence electrons. The summed E-state index contributed by atoms with van der Waals surface area (Å²) in [5.41, 5.74) is 0.0696. The van der Waals surface area contributed by atoms with Crippen LogP contribution in [0.25, 0.3) is 0 Å². The van der Waals surface area contributed by atoms with E-state index in [1.165, 1.54) is 12.1 Å². The van der Waals surface area contributed by atoms with Crippen molar-refractivity contribution in [1.82, 2.24) is 5.32 Å². The van der Waals surface area contributed by atoms with Gasteiger partial charge in [0.25, 0.3) is 0 Å². The number of hydrogen-bond donors (Lipinski definition) is 1. The average Bonchev–Trinajstić information content (AvgIpc) is 2.39. The van der Waals surface area contributed by atoms with Crippen LogP contribution in [0.15, 0.2) is 16.6 Å². The lowest BCUT2D eigenvalue weighted by Gasteiger charge is -2.22. The maximum Gasteiger partial charge on any atom is 0.144 e. The van der Waals surface area contributed by atoms with E-state index in [0.717, 1.165) is 25.9 Å². The molecule has 1 saturated heterocycles. The van der Waals surface area contributed by atoms with E-state index in [4.69, 9.17) is 4.74 Å². The molecule has 0 saturated carbocycles. The number of benzene rings is 1. The molecular formula is C13H16BrF2NO. The molecule has 0 bridgehead atoms. The Morgan fingerprint density at radius 3 is 2.89 bits per heavy atom. The summed E-state index contributed by atoms with van der Waals surface area (Å²) in [5, 5.41) is 3.05. The Morgan fingerprint density at radius 1 is 1.33 bits per heavy atom. The molecule has 0 radical (unpaired) electrons. The maximum atomic E-state index is 13.7. The molecule has 1 fully saturated rings. The maximum absolute atomic E-state index is 13.7. The van der Waals surface area contributed by atoms with Crippen LogP contribution in [-0.4, -0.2) is 19.3 Å². The number of halogens is 3. The summed E-state index contributed by atoms with van der Waals surface area (Å²) in [4.78, 5) is 0. The van der Waals surface area contributed by atoms with Crippen LogP contribution in [0.5, 0.6) is 0 Å². The zero-order valence-electron chi connectivity index (χ0n) is 10.0. The van der Waals surface area contributed by atoms with Crippen LogP contribution in [0, 0.1) is 11.6 Å². The van der Waals surface area contributed by atoms with Gasteiger partial charge in [0.2, 0.25) is 0 Å². The molecule has 0 aliphatic carbocycles. The highest BCUT2D eigenvalue weighted by molar-refractivity contribution is 9.10. The number of ether oxygens (including phenoxy) is 1. The van der Waals surface area contributed by atoms with Crippen LogP contribution in [0.1, 0.15) is 24.8 Å². The van der Waals surface area contributed by atoms with Crippen LogP contribution in [0.2, 0.25) is 0 Å². The van der Waals surface area contributed by atoms with Crippen molar-refractivity contribution in [3.05, 3.63) is 33.8 Å². The molecule has 5 heteroatoms. The fourth-order valence-electron chi connectivity index (χ4n) is 2.06. The van der Waals surface area contributed by atoms with E-state index < -0.39 is 11.6 Å². The molecule has 1 aliphatic heterocycles. The fraction of sp³-hybridized carbons (Fsp3) is 0.538. The Kier molecular flexibility index (Phi) is 5.09. The highest BCUT2D eigenvalue weighted by Gasteiger charge is 2.15. The second kappa shape index (κ2) is 6.59. The van der Waals surface area contributed by atoms with Gasteiger partial charge in [-0.05, 0) is 47.3 Å². The summed E-state index contributed by atoms with van der Waals surface area (Å²) in [6.45, 7) is 1.59. The predicted octanol–water partition coefficient (Wildman–Crippen LogP) is 3.39. The van der Waals surface area contributed by atoms with Crippen molar-refractivity contribution in [3.63, 3.8) is 0 Å². The van der Waals surface area contributed by atoms with Crippen molar-refractivity contribution < 1.29 is 13.5 Å². The summed E-state index contributed by atoms with van der Waals surface area (Å²) in [5.74, 6) is -1.06. The molecule has 1 atom stereocenters. The minimum atomic E-state index is -0.535. The summed E-state index contributed by atoms with van der Waals surface area (Å²) < 4.78 is 33.0. The van der Waals surface area contributed by atoms with Crippen molar-refractivity contribution in [1.29, 1.82) is 0 Å². The van der Waals surface area contributed by atoms with E-state index in [1.54, 1.807) is 0 Å². The highest BCUT2D eigenvalue weighted by Crippen LogP contribution is 2.21. The second-order valence-corrected chi connectivity index (χ2v) is 5.30. The van der Waals surface area contributed by atoms with Crippen molar-refractivity contribution in [2.45, 2.75) is 31.9 Å². The topological polar surface area (TPSA) is 21.3 Å². The minimum Gasteiger partial charge on any atom is -0.377 e. The first-order valence-electron chi connectivity index (χ1n) is 6.13. The fourth-order valence-corrected chi connectivity index (χ4v) is 2.43. The zero-order chi connectivity index (χ0) is 13.0. The average molecular weight is 320 g/mol. The molecule has 1 aromatic carbocycles. The van der Waals surface area contributed by atoms with E-state index in [9.17, 15) is 8.78 Å². The van der Waals surface area contributed by atoms with Gasteiger partial charge in [-0.3, -0.25) is 0 Å². The van der Waals surface area contributed by atoms with Gasteiger partial charge >= 0.3 is 0 Å². The third-order valence-electron chi connectivity index (χ3n) is 3.09. The smallest absolute Gasteiger partial charge is 0.144 e. The van der Waals surface area contributed by atoms with Gasteiger partial charge in [0.1, 0.15) is 11.6 Å². The molecule has 1 unspecified atom stereocenters. The predicted molar refractivity (Wildman–Crippen MR) is 69.4 cm³/mol. The van der Waals surface area contributed by atoms with E-state index in [-0.39, 0.29) is 22.7 Å². The van der Waals surface area contributed by atoms with Gasteiger partial charge in [-0.15, -0.1) is 0 Å². The van der Waals surface area contributed by atoms with Crippen LogP contribution in [0.3, 0.4) is 0 Å². The Morgan fingerprint density at radius 2 is 2.17 bits per heavy atom. The minimum absolute atomic E-state index is 0.0696. The van der Waals surface area contributed by atoms with Crippen LogP contribution in [-0.2, 0) is 11.3 Å². The summed E-state index contributed by atoms with van der Waals surface area (Å²) in [6.07, 6.45) is 3.44. The van der Waals surface area contributed by atoms with Crippen molar-refractivity contribution in [2.75, 3.05) is 13.2 Å². The van der Waals surface area contributed by atoms with E-state index in [1.807, 2.05) is 0 Å². The first kappa shape index (κ1) is 13.9. The third kappa shape index (κ3) is 3.49. The third-order valence-corrected chi connectivity index (χ3v) is 3.70. The van der Waals surface area contributed by atoms with Gasteiger partial charge < -0.3 is 10.1 Å². The quantitative estimate of drug-likeness (QED) is 0.859. The molecular weight excluding hydrogens is 304 g/mol. The zero-order valence-corrected chi connectivity index (χ0v) is 11.6. The molecule has 1 aromatic rings. The molecule has 1 heterocycles. The van der Waals surface area contributed by atoms with Gasteiger partial charge in [-0.25, -0.2) is 8.78 Å². The lowest BCUT2D eigenvalue weighted by Crippen LogP contribution is -2.31. The Labute approximate surface area is 114 Å². The molecule has 1 N–H and O–H groups in total. The highest BCUT2D eigenvalue weighted by atomic mass is 79.9. The molecule has 0 spiro atoms. The van der Waals surface area contributed by atoms with Gasteiger partial charge in [-0.2, -0.15) is 0 Å². The van der Waals surface area contributed by atoms with Crippen molar-refractivity contribution in [2.24, 2.45) is 0 Å². The summed E-state index contributed by atoms with van der Waals surface area (Å²) >= 11 is 3.05. The number of hydrogen-bond acceptors (Lipinski definition) is 2. The van der Waals surface area contributed by atoms with Crippen molar-refractivity contribution in [3.8, 4) is 0 Å². The molecule has 1 aliphatic rings. The van der Waals surface area contributed by atoms with Gasteiger partial charge in [0, 0.05) is 25.3 Å². The van der Waals surface area contributed by atoms with Crippen LogP contribution >= 0.6 is 15.9 Å². The molecule has 0 amide bonds. The van der Waals surface area contributed by atoms with Gasteiger partial charge in [-0.1, -0.05) is 0 Å². The van der Waals surface area contributed by atoms with E-state index >= 15 is 0 Å². The Balaban J connectivity index is 1.88. The number of nitrogens with one attached hydrogen (secondary N) is 1. The number of rotatable bonds is 4. The second-order valence-electron chi connectivity index (χ2n) is 4.44. The molecule has 2 nitrogen and oxygen atoms in total. The first-order chi connectivity index (χ1) is 8.68. The monoisotopic (exact) mass is 319 g/mol. The van der Waals surface area contributed by atoms with Gasteiger partial charge in [0.05, 0.1) is 10.6 Å². The Hall–Kier alpha value is -0.520. The van der Waals surface area contributed by atoms with Crippen molar-refractivity contribution >= 4 is 15.9 Å². The Bertz CT molecular complexity index is 408.